The standard InChI is InChI=1S/C15H18N6OS/c1-10-4-3-7-21-8-11(17-14(10)21)9-23-15-19-18-13(20(15)2)6-5-12(16)22/h3-4,7-8H,5-6,9H2,1-2H3,(H2,16,22). The van der Waals surface area contributed by atoms with Gasteiger partial charge in [0.25, 0.3) is 0 Å². The maximum atomic E-state index is 10.9. The largest absolute Gasteiger partial charge is 0.370 e. The number of thioether (sulfide) groups is 1. The van der Waals surface area contributed by atoms with Gasteiger partial charge in [-0.2, -0.15) is 0 Å². The number of primary amides is 1. The van der Waals surface area contributed by atoms with Crippen LogP contribution in [0.1, 0.15) is 23.5 Å². The van der Waals surface area contributed by atoms with Crippen molar-refractivity contribution in [2.24, 2.45) is 12.8 Å². The number of carbonyl (C=O) groups is 1. The molecule has 0 fully saturated rings. The van der Waals surface area contributed by atoms with Gasteiger partial charge in [-0.3, -0.25) is 4.79 Å². The molecule has 3 heterocycles. The van der Waals surface area contributed by atoms with Gasteiger partial charge in [0.1, 0.15) is 11.5 Å². The van der Waals surface area contributed by atoms with Gasteiger partial charge in [0.05, 0.1) is 5.69 Å². The van der Waals surface area contributed by atoms with Crippen LogP contribution in [0.25, 0.3) is 5.65 Å². The summed E-state index contributed by atoms with van der Waals surface area (Å²) in [5, 5.41) is 9.09. The fraction of sp³-hybridized carbons (Fsp3) is 0.333. The van der Waals surface area contributed by atoms with Crippen molar-refractivity contribution in [3.63, 3.8) is 0 Å². The summed E-state index contributed by atoms with van der Waals surface area (Å²) in [4.78, 5) is 15.5. The zero-order valence-corrected chi connectivity index (χ0v) is 13.9. The predicted molar refractivity (Wildman–Crippen MR) is 88.0 cm³/mol. The summed E-state index contributed by atoms with van der Waals surface area (Å²) < 4.78 is 3.93. The molecule has 0 radical (unpaired) electrons. The van der Waals surface area contributed by atoms with Crippen molar-refractivity contribution >= 4 is 23.3 Å². The Labute approximate surface area is 137 Å². The van der Waals surface area contributed by atoms with Crippen molar-refractivity contribution in [1.29, 1.82) is 0 Å². The van der Waals surface area contributed by atoms with E-state index in [1.807, 2.05) is 47.5 Å². The van der Waals surface area contributed by atoms with E-state index in [9.17, 15) is 4.79 Å². The lowest BCUT2D eigenvalue weighted by Crippen LogP contribution is -2.12. The number of pyridine rings is 1. The molecule has 0 aliphatic rings. The Morgan fingerprint density at radius 1 is 1.39 bits per heavy atom. The number of aromatic nitrogens is 5. The third kappa shape index (κ3) is 3.37. The SMILES string of the molecule is Cc1cccn2cc(CSc3nnc(CCC(N)=O)n3C)nc12. The Hall–Kier alpha value is -2.35. The summed E-state index contributed by atoms with van der Waals surface area (Å²) >= 11 is 1.57. The average Bonchev–Trinajstić information content (AvgIpc) is 3.08. The molecule has 0 saturated heterocycles. The van der Waals surface area contributed by atoms with Crippen LogP contribution in [-0.2, 0) is 24.0 Å². The van der Waals surface area contributed by atoms with Crippen LogP contribution in [0.2, 0.25) is 0 Å². The van der Waals surface area contributed by atoms with Gasteiger partial charge >= 0.3 is 0 Å². The summed E-state index contributed by atoms with van der Waals surface area (Å²) in [6.07, 6.45) is 4.81. The van der Waals surface area contributed by atoms with Gasteiger partial charge in [0, 0.05) is 38.0 Å². The number of nitrogens with two attached hydrogens (primary N) is 1. The van der Waals surface area contributed by atoms with E-state index in [-0.39, 0.29) is 12.3 Å². The summed E-state index contributed by atoms with van der Waals surface area (Å²) in [7, 11) is 1.90. The Morgan fingerprint density at radius 3 is 2.96 bits per heavy atom. The van der Waals surface area contributed by atoms with Gasteiger partial charge in [-0.15, -0.1) is 10.2 Å². The Kier molecular flexibility index (Phi) is 4.33. The number of amides is 1. The highest BCUT2D eigenvalue weighted by Gasteiger charge is 2.11. The van der Waals surface area contributed by atoms with Crippen LogP contribution < -0.4 is 5.73 Å². The van der Waals surface area contributed by atoms with Crippen molar-refractivity contribution < 1.29 is 4.79 Å². The highest BCUT2D eigenvalue weighted by Crippen LogP contribution is 2.22. The van der Waals surface area contributed by atoms with Crippen LogP contribution in [0.4, 0.5) is 0 Å². The number of imidazole rings is 1. The number of rotatable bonds is 6. The van der Waals surface area contributed by atoms with Crippen LogP contribution in [0, 0.1) is 6.92 Å². The fourth-order valence-corrected chi connectivity index (χ4v) is 3.15. The Morgan fingerprint density at radius 2 is 2.22 bits per heavy atom. The van der Waals surface area contributed by atoms with E-state index in [0.717, 1.165) is 27.9 Å². The molecule has 120 valence electrons. The first-order valence-corrected chi connectivity index (χ1v) is 8.25. The lowest BCUT2D eigenvalue weighted by molar-refractivity contribution is -0.118. The summed E-state index contributed by atoms with van der Waals surface area (Å²) in [5.41, 5.74) is 8.28. The topological polar surface area (TPSA) is 91.1 Å². The number of hydrogen-bond donors (Lipinski definition) is 1. The Balaban J connectivity index is 1.70. The van der Waals surface area contributed by atoms with Crippen molar-refractivity contribution in [1.82, 2.24) is 24.1 Å². The molecule has 0 atom stereocenters. The molecule has 2 N–H and O–H groups in total. The first kappa shape index (κ1) is 15.5. The number of nitrogens with zero attached hydrogens (tertiary/aromatic N) is 5. The first-order chi connectivity index (χ1) is 11.0. The predicted octanol–water partition coefficient (Wildman–Crippen LogP) is 1.48. The molecule has 0 aliphatic heterocycles. The molecule has 0 spiro atoms. The minimum atomic E-state index is -0.331. The fourth-order valence-electron chi connectivity index (χ4n) is 2.34. The molecule has 3 rings (SSSR count). The molecule has 8 heteroatoms. The minimum Gasteiger partial charge on any atom is -0.370 e. The zero-order valence-electron chi connectivity index (χ0n) is 13.1. The van der Waals surface area contributed by atoms with E-state index in [1.165, 1.54) is 0 Å². The second-order valence-electron chi connectivity index (χ2n) is 5.37. The molecule has 0 aliphatic carbocycles. The molecular weight excluding hydrogens is 312 g/mol. The van der Waals surface area contributed by atoms with Crippen LogP contribution in [-0.4, -0.2) is 30.1 Å². The number of hydrogen-bond acceptors (Lipinski definition) is 5. The third-order valence-electron chi connectivity index (χ3n) is 3.60. The summed E-state index contributed by atoms with van der Waals surface area (Å²) in [6, 6.07) is 4.06. The molecule has 23 heavy (non-hydrogen) atoms. The molecule has 1 amide bonds. The van der Waals surface area contributed by atoms with Gasteiger partial charge < -0.3 is 14.7 Å². The molecule has 0 saturated carbocycles. The first-order valence-electron chi connectivity index (χ1n) is 7.27. The van der Waals surface area contributed by atoms with E-state index in [2.05, 4.69) is 15.2 Å². The van der Waals surface area contributed by atoms with Crippen molar-refractivity contribution in [3.8, 4) is 0 Å². The molecule has 3 aromatic rings. The van der Waals surface area contributed by atoms with Gasteiger partial charge in [0.2, 0.25) is 5.91 Å². The molecule has 0 unspecified atom stereocenters. The highest BCUT2D eigenvalue weighted by molar-refractivity contribution is 7.98. The zero-order chi connectivity index (χ0) is 16.4. The monoisotopic (exact) mass is 330 g/mol. The molecule has 0 bridgehead atoms. The smallest absolute Gasteiger partial charge is 0.217 e. The van der Waals surface area contributed by atoms with Gasteiger partial charge in [0.15, 0.2) is 5.16 Å². The normalized spacial score (nSPS) is 11.2. The van der Waals surface area contributed by atoms with E-state index in [4.69, 9.17) is 5.73 Å². The number of aryl methyl sites for hydroxylation is 2. The minimum absolute atomic E-state index is 0.280. The molecular formula is C15H18N6OS. The number of fused-ring (bicyclic) bond motifs is 1. The van der Waals surface area contributed by atoms with Crippen LogP contribution in [0.3, 0.4) is 0 Å². The number of carbonyl (C=O) groups excluding carboxylic acids is 1. The van der Waals surface area contributed by atoms with Gasteiger partial charge in [-0.05, 0) is 18.6 Å². The quantitative estimate of drug-likeness (QED) is 0.691. The molecule has 7 nitrogen and oxygen atoms in total. The summed E-state index contributed by atoms with van der Waals surface area (Å²) in [6.45, 7) is 2.05. The molecule has 3 aromatic heterocycles. The van der Waals surface area contributed by atoms with E-state index in [0.29, 0.717) is 12.2 Å². The Bertz CT molecular complexity index is 853. The second-order valence-corrected chi connectivity index (χ2v) is 6.31. The highest BCUT2D eigenvalue weighted by atomic mass is 32.2. The average molecular weight is 330 g/mol. The van der Waals surface area contributed by atoms with Gasteiger partial charge in [-0.1, -0.05) is 17.8 Å². The van der Waals surface area contributed by atoms with Crippen molar-refractivity contribution in [2.75, 3.05) is 0 Å². The van der Waals surface area contributed by atoms with Crippen LogP contribution in [0.15, 0.2) is 29.7 Å². The van der Waals surface area contributed by atoms with Crippen molar-refractivity contribution in [2.45, 2.75) is 30.7 Å². The third-order valence-corrected chi connectivity index (χ3v) is 4.65. The van der Waals surface area contributed by atoms with Crippen LogP contribution in [0.5, 0.6) is 0 Å². The van der Waals surface area contributed by atoms with E-state index >= 15 is 0 Å². The van der Waals surface area contributed by atoms with Crippen molar-refractivity contribution in [3.05, 3.63) is 41.6 Å². The lowest BCUT2D eigenvalue weighted by Gasteiger charge is -2.01. The van der Waals surface area contributed by atoms with Gasteiger partial charge in [-0.25, -0.2) is 4.98 Å². The van der Waals surface area contributed by atoms with E-state index < -0.39 is 0 Å². The second kappa shape index (κ2) is 6.41. The maximum absolute atomic E-state index is 10.9. The lowest BCUT2D eigenvalue weighted by atomic mass is 10.3. The van der Waals surface area contributed by atoms with Crippen LogP contribution >= 0.6 is 11.8 Å². The molecule has 0 aromatic carbocycles. The maximum Gasteiger partial charge on any atom is 0.217 e. The summed E-state index contributed by atoms with van der Waals surface area (Å²) in [5.74, 6) is 1.14. The van der Waals surface area contributed by atoms with E-state index in [1.54, 1.807) is 11.8 Å².